The molecule has 4 spiro atoms. The van der Waals surface area contributed by atoms with Gasteiger partial charge in [0.25, 0.3) is 35.4 Å². The Balaban J connectivity index is 0.000000106. The first kappa shape index (κ1) is 99.3. The number of piperidine rings is 4. The fraction of sp³-hybridized carbons (Fsp3) is 0.589. The number of methoxy groups -OCH3 is 3. The molecule has 0 radical (unpaired) electrons. The van der Waals surface area contributed by atoms with Crippen LogP contribution in [0.15, 0.2) is 133 Å². The van der Waals surface area contributed by atoms with Crippen LogP contribution in [0, 0.1) is 30.6 Å². The van der Waals surface area contributed by atoms with Gasteiger partial charge in [-0.05, 0) is 254 Å². The molecule has 4 saturated carbocycles. The van der Waals surface area contributed by atoms with Crippen LogP contribution in [-0.2, 0) is 91.8 Å². The number of rotatable bonds is 25. The monoisotopic (exact) mass is 2050 g/mol. The molecule has 7 aromatic rings. The summed E-state index contributed by atoms with van der Waals surface area (Å²) in [7, 11) is 4.67. The molecule has 4 saturated heterocycles. The molecule has 794 valence electrons. The highest BCUT2D eigenvalue weighted by Crippen LogP contribution is 2.72. The molecule has 10 heterocycles. The lowest BCUT2D eigenvalue weighted by Crippen LogP contribution is -2.76. The minimum absolute atomic E-state index is 0.000933. The van der Waals surface area contributed by atoms with Crippen LogP contribution in [0.4, 0.5) is 0 Å². The molecule has 27 rings (SSSR count). The zero-order valence-electron chi connectivity index (χ0n) is 86.1. The van der Waals surface area contributed by atoms with E-state index in [1.54, 1.807) is 80.2 Å². The Morgan fingerprint density at radius 2 is 0.671 bits per heavy atom. The zero-order valence-corrected chi connectivity index (χ0v) is 86.1. The van der Waals surface area contributed by atoms with Gasteiger partial charge in [-0.15, -0.1) is 0 Å². The number of nitrogens with zero attached hydrogens (tertiary/aromatic N) is 8. The molecule has 16 N–H and O–H groups in total. The summed E-state index contributed by atoms with van der Waals surface area (Å²) < 4.78 is 51.7. The number of phenols is 4. The van der Waals surface area contributed by atoms with Crippen molar-refractivity contribution >= 4 is 23.6 Å². The van der Waals surface area contributed by atoms with E-state index in [1.807, 2.05) is 75.4 Å². The second-order valence-corrected chi connectivity index (χ2v) is 48.4. The van der Waals surface area contributed by atoms with E-state index in [1.165, 1.54) is 51.4 Å². The van der Waals surface area contributed by atoms with E-state index in [0.717, 1.165) is 102 Å². The van der Waals surface area contributed by atoms with Gasteiger partial charge >= 0.3 is 0 Å². The Kier molecular flexibility index (Phi) is 23.1. The first-order chi connectivity index (χ1) is 70.9. The second kappa shape index (κ2) is 34.7. The normalized spacial score (nSPS) is 32.0. The maximum atomic E-state index is 14.0. The van der Waals surface area contributed by atoms with Gasteiger partial charge in [0.1, 0.15) is 34.1 Å². The van der Waals surface area contributed by atoms with Crippen molar-refractivity contribution < 1.29 is 123 Å². The standard InChI is InChI=1S/C32H34N4O6.C27H32N4O6.C27H36N2O7.C26H34N2O6/c1-30(2,29-33-27(35-42-29)18-6-4-3-5-7-18)34-28(39)20-15-32(40)22-14-19-10-11-21(37)25-23(19)31(32,26(41-25)24(20)38)12-13-36(22)16-17-8-9-17;1-13-28-24(37-30-13)25(2,3)29-23(34)16-11-27(35)18-10-15-6-7-17(32)21-19(15)26(27,22(36-21)20(16)33)8-9-31(18)12-14-4-5-14;1-25(13-34-2,14-35-3)28-24(32)17-11-27(33)19-10-16-6-7-18(30)22-20(16)26(27,23(36-22)21(17)31)8-9-29(19)12-15-4-5-15;1-24(2,13-33-3)27-23(31)16-11-26(32)18-10-15-6-7-17(29)21-19(15)25(26,22(34-21)20(16)30)8-9-28(18)12-14-4-5-14/h3-7,10-11,17,22,26,37-38,40H,8-9,12-16H2,1-2H3,(H,34,39);6-7,14,18,22,32-33,35H,4-5,8-12H2,1-3H3,(H,29,34);6-7,15,19,23,30-31,33H,4-5,8-14H2,1-3H3,(H,28,32);6-7,14,18,22,29-30,32H,4-5,8-13H2,1-3H3,(H,27,31)/t22-,26+,31+,32-;18-,22+,26+,27-;19-,23+,26+,27-;18-,22+,25+,26-/m1111/s1. The van der Waals surface area contributed by atoms with Crippen molar-refractivity contribution in [1.82, 2.24) is 61.1 Å². The molecule has 8 fully saturated rings. The number of benzene rings is 5. The number of aliphatic hydroxyl groups is 8. The first-order valence-electron chi connectivity index (χ1n) is 53.0. The fourth-order valence-corrected chi connectivity index (χ4v) is 29.9. The van der Waals surface area contributed by atoms with Crippen molar-refractivity contribution in [2.45, 2.75) is 299 Å². The van der Waals surface area contributed by atoms with Gasteiger partial charge in [0.15, 0.2) is 76.2 Å². The van der Waals surface area contributed by atoms with Crippen LogP contribution in [0.25, 0.3) is 11.4 Å². The SMILES string of the molecule is CC(C)(NC(=O)C1=C(O)[C@@H]2Oc3c(O)ccc4c3[C@@]23CCN(CC2CC2)[C@H](C4)[C@]3(O)C1)c1nc(-c2ccccc2)no1.COCC(C)(C)NC(=O)C1=C(O)[C@@H]2Oc3c(O)ccc4c3[C@@]23CCN(CC2CC2)[C@H](C4)[C@]3(O)C1.COCC(C)(COC)NC(=O)C1=C(O)[C@@H]2Oc3c(O)ccc4c3[C@@]23CCN(CC2CC2)[C@H](C4)[C@]3(O)C1.Cc1noc(C(C)(C)NC(=O)C2=C(O)[C@@H]3Oc4c(O)ccc5c4[C@@]34CCN(CC3CC3)[C@H](C5)[C@]4(O)C2)n1. The van der Waals surface area contributed by atoms with E-state index in [-0.39, 0.29) is 143 Å². The summed E-state index contributed by atoms with van der Waals surface area (Å²) in [6.07, 6.45) is 10.5. The summed E-state index contributed by atoms with van der Waals surface area (Å²) in [5.74, 6) is 2.42. The average molecular weight is 2050 g/mol. The highest BCUT2D eigenvalue weighted by molar-refractivity contribution is 5.98. The van der Waals surface area contributed by atoms with E-state index in [9.17, 15) is 80.5 Å². The van der Waals surface area contributed by atoms with Gasteiger partial charge in [-0.25, -0.2) is 0 Å². The van der Waals surface area contributed by atoms with Crippen LogP contribution in [0.5, 0.6) is 46.0 Å². The maximum absolute atomic E-state index is 14.0. The third kappa shape index (κ3) is 14.9. The number of likely N-dealkylation sites (tertiary alicyclic amines) is 4. The van der Waals surface area contributed by atoms with Gasteiger partial charge in [0, 0.05) is 125 Å². The highest BCUT2D eigenvalue weighted by atomic mass is 16.5. The summed E-state index contributed by atoms with van der Waals surface area (Å²) in [5.41, 5.74) is -4.13. The number of hydrogen-bond acceptors (Lipinski definition) is 33. The number of aromatic nitrogens is 4. The third-order valence-corrected chi connectivity index (χ3v) is 37.4. The number of nitrogens with one attached hydrogen (secondary N) is 4. The number of aromatic hydroxyl groups is 4. The number of hydrogen-bond donors (Lipinski definition) is 16. The van der Waals surface area contributed by atoms with E-state index >= 15 is 0 Å². The van der Waals surface area contributed by atoms with Crippen LogP contribution < -0.4 is 40.2 Å². The number of carbonyl (C=O) groups is 4. The minimum atomic E-state index is -1.38. The number of aliphatic hydroxyl groups excluding tert-OH is 4. The number of phenolic OH excluding ortho intramolecular Hbond substituents is 4. The molecule has 16 atom stereocenters. The van der Waals surface area contributed by atoms with Crippen molar-refractivity contribution in [1.29, 1.82) is 0 Å². The lowest BCUT2D eigenvalue weighted by molar-refractivity contribution is -0.172. The Morgan fingerprint density at radius 1 is 0.383 bits per heavy atom. The molecule has 8 aliphatic heterocycles. The lowest BCUT2D eigenvalue weighted by Gasteiger charge is -2.62. The summed E-state index contributed by atoms with van der Waals surface area (Å²) in [6.45, 7) is 21.7. The second-order valence-electron chi connectivity index (χ2n) is 48.4. The first-order valence-corrected chi connectivity index (χ1v) is 53.0. The molecular formula is C112H136N12O25. The predicted octanol–water partition coefficient (Wildman–Crippen LogP) is 9.07. The molecule has 2 aromatic heterocycles. The Morgan fingerprint density at radius 3 is 0.960 bits per heavy atom. The van der Waals surface area contributed by atoms with Crippen LogP contribution in [0.2, 0.25) is 0 Å². The maximum Gasteiger partial charge on any atom is 0.252 e. The number of aryl methyl sites for hydroxylation is 1. The van der Waals surface area contributed by atoms with Gasteiger partial charge in [0.05, 0.1) is 97.3 Å². The van der Waals surface area contributed by atoms with Gasteiger partial charge in [-0.2, -0.15) is 9.97 Å². The molecule has 37 nitrogen and oxygen atoms in total. The number of ether oxygens (including phenoxy) is 7. The molecule has 20 aliphatic rings. The number of amides is 4. The molecule has 149 heavy (non-hydrogen) atoms. The van der Waals surface area contributed by atoms with Crippen molar-refractivity contribution in [2.75, 3.05) is 93.5 Å². The number of carbonyl (C=O) groups excluding carboxylic acids is 4. The third-order valence-electron chi connectivity index (χ3n) is 37.4. The molecule has 8 bridgehead atoms. The topological polar surface area (TPSA) is 515 Å². The van der Waals surface area contributed by atoms with Gasteiger partial charge in [-0.3, -0.25) is 38.8 Å². The molecule has 37 heteroatoms. The summed E-state index contributed by atoms with van der Waals surface area (Å²) in [4.78, 5) is 73.0. The summed E-state index contributed by atoms with van der Waals surface area (Å²) in [5, 5.41) is 159. The quantitative estimate of drug-likeness (QED) is 0.0253. The van der Waals surface area contributed by atoms with Crippen molar-refractivity contribution in [3.8, 4) is 57.4 Å². The Hall–Kier alpha value is -11.6. The highest BCUT2D eigenvalue weighted by Gasteiger charge is 2.79. The molecule has 4 amide bonds. The molecule has 0 unspecified atom stereocenters. The van der Waals surface area contributed by atoms with Crippen LogP contribution in [0.1, 0.15) is 213 Å². The summed E-state index contributed by atoms with van der Waals surface area (Å²) in [6, 6.07) is 22.7. The Labute approximate surface area is 862 Å². The average Bonchev–Trinajstić information content (AvgIpc) is 1.51. The van der Waals surface area contributed by atoms with Gasteiger partial charge in [0.2, 0.25) is 5.82 Å². The lowest BCUT2D eigenvalue weighted by atomic mass is 9.49. The van der Waals surface area contributed by atoms with Crippen LogP contribution in [-0.4, -0.2) is 300 Å². The Bertz CT molecular complexity index is 6810. The van der Waals surface area contributed by atoms with Gasteiger partial charge in [-0.1, -0.05) is 64.9 Å². The smallest absolute Gasteiger partial charge is 0.252 e. The van der Waals surface area contributed by atoms with Crippen molar-refractivity contribution in [3.63, 3.8) is 0 Å². The molecular weight excluding hydrogens is 1910 g/mol. The van der Waals surface area contributed by atoms with Crippen LogP contribution in [0.3, 0.4) is 0 Å². The van der Waals surface area contributed by atoms with E-state index in [2.05, 4.69) is 61.1 Å². The fourth-order valence-electron chi connectivity index (χ4n) is 29.9. The van der Waals surface area contributed by atoms with E-state index in [0.29, 0.717) is 116 Å². The van der Waals surface area contributed by atoms with E-state index < -0.39 is 114 Å². The van der Waals surface area contributed by atoms with Crippen molar-refractivity contribution in [2.24, 2.45) is 23.7 Å². The zero-order chi connectivity index (χ0) is 104. The molecule has 5 aromatic carbocycles. The predicted molar refractivity (Wildman–Crippen MR) is 535 cm³/mol. The van der Waals surface area contributed by atoms with E-state index in [4.69, 9.17) is 42.2 Å². The van der Waals surface area contributed by atoms with Gasteiger partial charge < -0.3 is 125 Å². The minimum Gasteiger partial charge on any atom is -0.508 e. The molecule has 12 aliphatic carbocycles. The van der Waals surface area contributed by atoms with Crippen LogP contribution >= 0.6 is 0 Å². The van der Waals surface area contributed by atoms with Crippen molar-refractivity contribution in [3.05, 3.63) is 186 Å². The summed E-state index contributed by atoms with van der Waals surface area (Å²) >= 11 is 0. The largest absolute Gasteiger partial charge is 0.508 e.